The third-order valence-corrected chi connectivity index (χ3v) is 7.43. The Hall–Kier alpha value is -2.59. The largest absolute Gasteiger partial charge is 0.497 e. The van der Waals surface area contributed by atoms with Gasteiger partial charge < -0.3 is 10.1 Å². The fraction of sp³-hybridized carbons (Fsp3) is 0.409. The Kier molecular flexibility index (Phi) is 7.45. The minimum atomic E-state index is -4.37. The van der Waals surface area contributed by atoms with Crippen molar-refractivity contribution in [1.82, 2.24) is 9.62 Å². The number of sulfonamides is 1. The predicted octanol–water partition coefficient (Wildman–Crippen LogP) is 3.47. The molecule has 0 radical (unpaired) electrons. The molecule has 0 aromatic heterocycles. The summed E-state index contributed by atoms with van der Waals surface area (Å²) < 4.78 is 69.8. The zero-order valence-corrected chi connectivity index (χ0v) is 18.4. The van der Waals surface area contributed by atoms with Crippen molar-refractivity contribution in [2.45, 2.75) is 30.3 Å². The Morgan fingerprint density at radius 3 is 2.19 bits per heavy atom. The van der Waals surface area contributed by atoms with E-state index in [4.69, 9.17) is 4.74 Å². The SMILES string of the molecule is COc1ccc(S(=O)(=O)N2CCC(C(=O)NCCc3ccc(C(F)(F)F)cc3)CC2)cc1. The average molecular weight is 471 g/mol. The summed E-state index contributed by atoms with van der Waals surface area (Å²) in [7, 11) is -2.13. The molecular weight excluding hydrogens is 445 g/mol. The lowest BCUT2D eigenvalue weighted by molar-refractivity contribution is -0.137. The molecule has 3 rings (SSSR count). The molecule has 1 heterocycles. The first-order chi connectivity index (χ1) is 15.1. The number of hydrogen-bond acceptors (Lipinski definition) is 4. The van der Waals surface area contributed by atoms with Crippen LogP contribution in [0.25, 0.3) is 0 Å². The number of nitrogens with zero attached hydrogens (tertiary/aromatic N) is 1. The van der Waals surface area contributed by atoms with Crippen LogP contribution in [-0.2, 0) is 27.4 Å². The van der Waals surface area contributed by atoms with Gasteiger partial charge in [-0.2, -0.15) is 17.5 Å². The minimum Gasteiger partial charge on any atom is -0.497 e. The monoisotopic (exact) mass is 470 g/mol. The first-order valence-electron chi connectivity index (χ1n) is 10.2. The highest BCUT2D eigenvalue weighted by molar-refractivity contribution is 7.89. The molecule has 6 nitrogen and oxygen atoms in total. The van der Waals surface area contributed by atoms with Crippen LogP contribution in [0.5, 0.6) is 5.75 Å². The molecule has 0 unspecified atom stereocenters. The van der Waals surface area contributed by atoms with Gasteiger partial charge in [0.05, 0.1) is 17.6 Å². The summed E-state index contributed by atoms with van der Waals surface area (Å²) in [6.45, 7) is 0.783. The highest BCUT2D eigenvalue weighted by Crippen LogP contribution is 2.29. The molecule has 1 N–H and O–H groups in total. The van der Waals surface area contributed by atoms with Gasteiger partial charge in [0.25, 0.3) is 0 Å². The standard InChI is InChI=1S/C22H25F3N2O4S/c1-31-19-6-8-20(9-7-19)32(29,30)27-14-11-17(12-15-27)21(28)26-13-10-16-2-4-18(5-3-16)22(23,24)25/h2-9,17H,10-15H2,1H3,(H,26,28). The van der Waals surface area contributed by atoms with E-state index in [9.17, 15) is 26.4 Å². The van der Waals surface area contributed by atoms with E-state index >= 15 is 0 Å². The first kappa shape index (κ1) is 24.1. The maximum Gasteiger partial charge on any atom is 0.416 e. The lowest BCUT2D eigenvalue weighted by Gasteiger charge is -2.30. The van der Waals surface area contributed by atoms with Crippen molar-refractivity contribution in [3.63, 3.8) is 0 Å². The average Bonchev–Trinajstić information content (AvgIpc) is 2.79. The van der Waals surface area contributed by atoms with Gasteiger partial charge in [-0.25, -0.2) is 8.42 Å². The highest BCUT2D eigenvalue weighted by atomic mass is 32.2. The van der Waals surface area contributed by atoms with Gasteiger partial charge in [-0.05, 0) is 61.2 Å². The molecule has 174 valence electrons. The summed E-state index contributed by atoms with van der Waals surface area (Å²) in [5.41, 5.74) is -0.0136. The molecule has 1 saturated heterocycles. The van der Waals surface area contributed by atoms with E-state index in [-0.39, 0.29) is 29.8 Å². The second-order valence-electron chi connectivity index (χ2n) is 7.59. The van der Waals surface area contributed by atoms with Gasteiger partial charge in [0, 0.05) is 25.6 Å². The Morgan fingerprint density at radius 1 is 1.06 bits per heavy atom. The fourth-order valence-corrected chi connectivity index (χ4v) is 5.06. The predicted molar refractivity (Wildman–Crippen MR) is 113 cm³/mol. The summed E-state index contributed by atoms with van der Waals surface area (Å²) in [6, 6.07) is 11.0. The number of piperidine rings is 1. The Morgan fingerprint density at radius 2 is 1.66 bits per heavy atom. The molecule has 2 aromatic carbocycles. The molecule has 0 saturated carbocycles. The molecule has 2 aromatic rings. The minimum absolute atomic E-state index is 0.168. The van der Waals surface area contributed by atoms with Crippen molar-refractivity contribution in [3.05, 3.63) is 59.7 Å². The van der Waals surface area contributed by atoms with Crippen molar-refractivity contribution in [1.29, 1.82) is 0 Å². The van der Waals surface area contributed by atoms with Crippen LogP contribution < -0.4 is 10.1 Å². The summed E-state index contributed by atoms with van der Waals surface area (Å²) in [6.07, 6.45) is -3.15. The van der Waals surface area contributed by atoms with Gasteiger partial charge in [-0.3, -0.25) is 4.79 Å². The number of carbonyl (C=O) groups is 1. The quantitative estimate of drug-likeness (QED) is 0.673. The number of halogens is 3. The molecule has 1 fully saturated rings. The Balaban J connectivity index is 1.46. The van der Waals surface area contributed by atoms with Crippen molar-refractivity contribution < 1.29 is 31.1 Å². The molecule has 1 amide bonds. The number of alkyl halides is 3. The zero-order chi connectivity index (χ0) is 23.4. The van der Waals surface area contributed by atoms with Crippen LogP contribution in [0, 0.1) is 5.92 Å². The van der Waals surface area contributed by atoms with Crippen LogP contribution in [0.4, 0.5) is 13.2 Å². The number of amides is 1. The second kappa shape index (κ2) is 9.91. The van der Waals surface area contributed by atoms with Gasteiger partial charge in [0.1, 0.15) is 5.75 Å². The number of carbonyl (C=O) groups excluding carboxylic acids is 1. The highest BCUT2D eigenvalue weighted by Gasteiger charge is 2.32. The lowest BCUT2D eigenvalue weighted by Crippen LogP contribution is -2.43. The molecule has 0 bridgehead atoms. The van der Waals surface area contributed by atoms with Crippen LogP contribution in [0.2, 0.25) is 0 Å². The van der Waals surface area contributed by atoms with Gasteiger partial charge in [0.2, 0.25) is 15.9 Å². The maximum absolute atomic E-state index is 12.8. The third kappa shape index (κ3) is 5.80. The van der Waals surface area contributed by atoms with Gasteiger partial charge in [-0.15, -0.1) is 0 Å². The Labute approximate surface area is 185 Å². The van der Waals surface area contributed by atoms with Crippen molar-refractivity contribution in [3.8, 4) is 5.75 Å². The topological polar surface area (TPSA) is 75.7 Å². The van der Waals surface area contributed by atoms with Gasteiger partial charge in [0.15, 0.2) is 0 Å². The van der Waals surface area contributed by atoms with Crippen LogP contribution in [0.3, 0.4) is 0 Å². The fourth-order valence-electron chi connectivity index (χ4n) is 3.59. The second-order valence-corrected chi connectivity index (χ2v) is 9.53. The number of rotatable bonds is 7. The van der Waals surface area contributed by atoms with E-state index in [0.29, 0.717) is 37.1 Å². The van der Waals surface area contributed by atoms with Crippen LogP contribution in [0.15, 0.2) is 53.4 Å². The van der Waals surface area contributed by atoms with E-state index in [1.807, 2.05) is 0 Å². The molecular formula is C22H25F3N2O4S. The summed E-state index contributed by atoms with van der Waals surface area (Å²) in [4.78, 5) is 12.6. The molecule has 1 aliphatic rings. The smallest absolute Gasteiger partial charge is 0.416 e. The van der Waals surface area contributed by atoms with E-state index in [2.05, 4.69) is 5.32 Å². The van der Waals surface area contributed by atoms with E-state index in [1.165, 1.54) is 35.7 Å². The summed E-state index contributed by atoms with van der Waals surface area (Å²) in [5.74, 6) is 0.0963. The molecule has 32 heavy (non-hydrogen) atoms. The van der Waals surface area contributed by atoms with Crippen LogP contribution >= 0.6 is 0 Å². The number of hydrogen-bond donors (Lipinski definition) is 1. The maximum atomic E-state index is 12.8. The molecule has 0 spiro atoms. The Bertz CT molecular complexity index is 1010. The normalized spacial score (nSPS) is 16.0. The van der Waals surface area contributed by atoms with Gasteiger partial charge >= 0.3 is 6.18 Å². The van der Waals surface area contributed by atoms with Gasteiger partial charge in [-0.1, -0.05) is 12.1 Å². The van der Waals surface area contributed by atoms with Crippen molar-refractivity contribution >= 4 is 15.9 Å². The lowest BCUT2D eigenvalue weighted by atomic mass is 9.97. The van der Waals surface area contributed by atoms with E-state index in [1.54, 1.807) is 12.1 Å². The number of ether oxygens (including phenoxy) is 1. The summed E-state index contributed by atoms with van der Waals surface area (Å²) in [5, 5.41) is 2.80. The van der Waals surface area contributed by atoms with E-state index in [0.717, 1.165) is 12.1 Å². The van der Waals surface area contributed by atoms with Crippen molar-refractivity contribution in [2.24, 2.45) is 5.92 Å². The van der Waals surface area contributed by atoms with Crippen LogP contribution in [-0.4, -0.2) is 45.4 Å². The third-order valence-electron chi connectivity index (χ3n) is 5.52. The molecule has 0 aliphatic carbocycles. The number of methoxy groups -OCH3 is 1. The number of benzene rings is 2. The molecule has 10 heteroatoms. The molecule has 0 atom stereocenters. The first-order valence-corrected chi connectivity index (χ1v) is 11.6. The van der Waals surface area contributed by atoms with E-state index < -0.39 is 21.8 Å². The summed E-state index contributed by atoms with van der Waals surface area (Å²) >= 11 is 0. The van der Waals surface area contributed by atoms with Crippen molar-refractivity contribution in [2.75, 3.05) is 26.7 Å². The van der Waals surface area contributed by atoms with Crippen LogP contribution in [0.1, 0.15) is 24.0 Å². The molecule has 1 aliphatic heterocycles. The number of nitrogens with one attached hydrogen (secondary N) is 1. The zero-order valence-electron chi connectivity index (χ0n) is 17.6.